The van der Waals surface area contributed by atoms with Crippen LogP contribution in [0.2, 0.25) is 0 Å². The van der Waals surface area contributed by atoms with Gasteiger partial charge in [-0.25, -0.2) is 0 Å². The molecule has 3 rings (SSSR count). The average Bonchev–Trinajstić information content (AvgIpc) is 2.82. The Labute approximate surface area is 137 Å². The van der Waals surface area contributed by atoms with Gasteiger partial charge < -0.3 is 0 Å². The Kier molecular flexibility index (Phi) is 3.74. The van der Waals surface area contributed by atoms with Gasteiger partial charge in [-0.3, -0.25) is 19.4 Å². The highest BCUT2D eigenvalue weighted by molar-refractivity contribution is 9.10. The molecule has 0 radical (unpaired) electrons. The summed E-state index contributed by atoms with van der Waals surface area (Å²) >= 11 is 3.53. The predicted molar refractivity (Wildman–Crippen MR) is 89.6 cm³/mol. The molecule has 0 bridgehead atoms. The molecule has 1 aliphatic rings. The van der Waals surface area contributed by atoms with Crippen LogP contribution in [0.4, 0.5) is 11.4 Å². The summed E-state index contributed by atoms with van der Waals surface area (Å²) in [5.74, 6) is -0.200. The highest BCUT2D eigenvalue weighted by Gasteiger charge is 2.41. The smallest absolute Gasteiger partial charge is 0.225 e. The first-order chi connectivity index (χ1) is 10.5. The Balaban J connectivity index is 2.25. The first-order valence-corrected chi connectivity index (χ1v) is 7.74. The normalized spacial score (nSPS) is 14.1. The van der Waals surface area contributed by atoms with E-state index in [4.69, 9.17) is 0 Å². The van der Waals surface area contributed by atoms with Gasteiger partial charge in [-0.15, -0.1) is 0 Å². The molecule has 0 fully saturated rings. The fourth-order valence-corrected chi connectivity index (χ4v) is 3.39. The Bertz CT molecular complexity index is 719. The molecule has 1 heterocycles. The largest absolute Gasteiger partial charge is 0.285 e. The molecule has 0 saturated carbocycles. The van der Waals surface area contributed by atoms with Gasteiger partial charge in [0, 0.05) is 23.9 Å². The fourth-order valence-electron chi connectivity index (χ4n) is 2.90. The second-order valence-electron chi connectivity index (χ2n) is 5.16. The van der Waals surface area contributed by atoms with E-state index in [1.807, 2.05) is 48.5 Å². The van der Waals surface area contributed by atoms with E-state index in [1.54, 1.807) is 9.80 Å². The third-order valence-electron chi connectivity index (χ3n) is 3.75. The van der Waals surface area contributed by atoms with Gasteiger partial charge in [0.1, 0.15) is 6.17 Å². The number of halogens is 1. The average molecular weight is 359 g/mol. The van der Waals surface area contributed by atoms with Crippen molar-refractivity contribution < 1.29 is 9.59 Å². The van der Waals surface area contributed by atoms with Crippen LogP contribution in [0.25, 0.3) is 0 Å². The molecular weight excluding hydrogens is 344 g/mol. The zero-order valence-electron chi connectivity index (χ0n) is 12.3. The summed E-state index contributed by atoms with van der Waals surface area (Å²) in [4.78, 5) is 27.8. The number of carbonyl (C=O) groups excluding carboxylic acids is 2. The van der Waals surface area contributed by atoms with Crippen molar-refractivity contribution in [1.82, 2.24) is 0 Å². The zero-order chi connectivity index (χ0) is 15.9. The van der Waals surface area contributed by atoms with Gasteiger partial charge in [0.15, 0.2) is 0 Å². The predicted octanol–water partition coefficient (Wildman–Crippen LogP) is 3.87. The molecule has 0 aliphatic carbocycles. The first kappa shape index (κ1) is 14.8. The van der Waals surface area contributed by atoms with Crippen LogP contribution in [0.5, 0.6) is 0 Å². The molecule has 5 heteroatoms. The summed E-state index contributed by atoms with van der Waals surface area (Å²) in [6.45, 7) is 3.04. The molecule has 1 aliphatic heterocycles. The maximum absolute atomic E-state index is 12.2. The quantitative estimate of drug-likeness (QED) is 0.776. The summed E-state index contributed by atoms with van der Waals surface area (Å²) in [7, 11) is 0. The molecular formula is C17H15BrN2O2. The number of carbonyl (C=O) groups is 2. The van der Waals surface area contributed by atoms with E-state index in [0.29, 0.717) is 0 Å². The van der Waals surface area contributed by atoms with E-state index in [2.05, 4.69) is 15.9 Å². The van der Waals surface area contributed by atoms with Crippen LogP contribution in [-0.4, -0.2) is 11.8 Å². The summed E-state index contributed by atoms with van der Waals surface area (Å²) in [5.41, 5.74) is 2.39. The molecule has 4 nitrogen and oxygen atoms in total. The number of amides is 2. The number of hydrogen-bond acceptors (Lipinski definition) is 2. The molecule has 112 valence electrons. The minimum Gasteiger partial charge on any atom is -0.285 e. The van der Waals surface area contributed by atoms with Gasteiger partial charge >= 0.3 is 0 Å². The number of nitrogens with zero attached hydrogens (tertiary/aromatic N) is 2. The number of fused-ring (bicyclic) bond motifs is 1. The van der Waals surface area contributed by atoms with Crippen LogP contribution < -0.4 is 9.80 Å². The van der Waals surface area contributed by atoms with E-state index in [1.165, 1.54) is 13.8 Å². The van der Waals surface area contributed by atoms with Crippen molar-refractivity contribution in [2.75, 3.05) is 9.80 Å². The van der Waals surface area contributed by atoms with Crippen molar-refractivity contribution >= 4 is 39.1 Å². The number of benzene rings is 2. The summed E-state index contributed by atoms with van der Waals surface area (Å²) < 4.78 is 0.866. The van der Waals surface area contributed by atoms with Crippen LogP contribution in [0.15, 0.2) is 53.0 Å². The molecule has 0 unspecified atom stereocenters. The maximum Gasteiger partial charge on any atom is 0.225 e. The highest BCUT2D eigenvalue weighted by Crippen LogP contribution is 2.47. The minimum absolute atomic E-state index is 0.100. The minimum atomic E-state index is -0.469. The Morgan fingerprint density at radius 2 is 1.32 bits per heavy atom. The van der Waals surface area contributed by atoms with E-state index in [9.17, 15) is 9.59 Å². The Morgan fingerprint density at radius 1 is 0.864 bits per heavy atom. The van der Waals surface area contributed by atoms with Crippen molar-refractivity contribution in [2.45, 2.75) is 20.0 Å². The zero-order valence-corrected chi connectivity index (χ0v) is 13.9. The molecule has 0 atom stereocenters. The summed E-state index contributed by atoms with van der Waals surface area (Å²) in [6, 6.07) is 15.1. The fraction of sp³-hybridized carbons (Fsp3) is 0.176. The molecule has 2 aromatic rings. The van der Waals surface area contributed by atoms with E-state index in [-0.39, 0.29) is 11.8 Å². The first-order valence-electron chi connectivity index (χ1n) is 6.95. The van der Waals surface area contributed by atoms with E-state index in [0.717, 1.165) is 21.4 Å². The molecule has 2 amide bonds. The van der Waals surface area contributed by atoms with Gasteiger partial charge in [-0.2, -0.15) is 0 Å². The summed E-state index contributed by atoms with van der Waals surface area (Å²) in [6.07, 6.45) is -0.469. The number of hydrogen-bond donors (Lipinski definition) is 0. The second-order valence-corrected chi connectivity index (χ2v) is 6.02. The number of rotatable bonds is 1. The van der Waals surface area contributed by atoms with Crippen molar-refractivity contribution in [1.29, 1.82) is 0 Å². The van der Waals surface area contributed by atoms with Crippen LogP contribution in [-0.2, 0) is 9.59 Å². The summed E-state index contributed by atoms with van der Waals surface area (Å²) in [5, 5.41) is 0. The molecule has 0 aromatic heterocycles. The van der Waals surface area contributed by atoms with E-state index < -0.39 is 6.17 Å². The molecule has 22 heavy (non-hydrogen) atoms. The Hall–Kier alpha value is -2.14. The van der Waals surface area contributed by atoms with Crippen molar-refractivity contribution in [3.8, 4) is 0 Å². The van der Waals surface area contributed by atoms with Crippen molar-refractivity contribution in [2.24, 2.45) is 0 Å². The van der Waals surface area contributed by atoms with Gasteiger partial charge in [0.05, 0.1) is 11.4 Å². The monoisotopic (exact) mass is 358 g/mol. The highest BCUT2D eigenvalue weighted by atomic mass is 79.9. The van der Waals surface area contributed by atoms with Crippen LogP contribution in [0.1, 0.15) is 25.6 Å². The lowest BCUT2D eigenvalue weighted by atomic mass is 10.1. The van der Waals surface area contributed by atoms with Crippen LogP contribution >= 0.6 is 15.9 Å². The van der Waals surface area contributed by atoms with Gasteiger partial charge in [-0.05, 0) is 18.2 Å². The maximum atomic E-state index is 12.2. The van der Waals surface area contributed by atoms with Crippen molar-refractivity contribution in [3.05, 3.63) is 58.6 Å². The van der Waals surface area contributed by atoms with Crippen LogP contribution in [0, 0.1) is 0 Å². The lowest BCUT2D eigenvalue weighted by Crippen LogP contribution is -2.40. The third kappa shape index (κ3) is 2.22. The Morgan fingerprint density at radius 3 is 1.77 bits per heavy atom. The number of para-hydroxylation sites is 2. The van der Waals surface area contributed by atoms with Crippen molar-refractivity contribution in [3.63, 3.8) is 0 Å². The van der Waals surface area contributed by atoms with Gasteiger partial charge in [0.2, 0.25) is 11.8 Å². The molecule has 2 aromatic carbocycles. The third-order valence-corrected chi connectivity index (χ3v) is 4.47. The molecule has 0 saturated heterocycles. The second kappa shape index (κ2) is 5.57. The van der Waals surface area contributed by atoms with Crippen LogP contribution in [0.3, 0.4) is 0 Å². The number of anilines is 2. The van der Waals surface area contributed by atoms with Gasteiger partial charge in [0.25, 0.3) is 0 Å². The standard InChI is InChI=1S/C17H15BrN2O2/c1-11(21)19-15-9-5-6-10-16(15)20(12(2)22)17(19)13-7-3-4-8-14(13)18/h3-10,17H,1-2H3. The van der Waals surface area contributed by atoms with Gasteiger partial charge in [-0.1, -0.05) is 46.3 Å². The molecule has 0 N–H and O–H groups in total. The topological polar surface area (TPSA) is 40.6 Å². The SMILES string of the molecule is CC(=O)N1c2ccccc2N(C(C)=O)C1c1ccccc1Br. The lowest BCUT2D eigenvalue weighted by Gasteiger charge is -2.30. The lowest BCUT2D eigenvalue weighted by molar-refractivity contribution is -0.118. The molecule has 0 spiro atoms. The van der Waals surface area contributed by atoms with E-state index >= 15 is 0 Å².